The minimum Gasteiger partial charge on any atom is -0.252 e. The second kappa shape index (κ2) is 5.85. The molecule has 2 rings (SSSR count). The topological polar surface area (TPSA) is 25.8 Å². The molecule has 3 heteroatoms. The van der Waals surface area contributed by atoms with Crippen molar-refractivity contribution in [3.05, 3.63) is 30.5 Å². The average molecular weight is 232 g/mol. The first-order valence-corrected chi connectivity index (χ1v) is 6.73. The predicted octanol–water partition coefficient (Wildman–Crippen LogP) is 3.91. The van der Waals surface area contributed by atoms with E-state index in [0.29, 0.717) is 0 Å². The van der Waals surface area contributed by atoms with E-state index in [0.717, 1.165) is 21.8 Å². The van der Waals surface area contributed by atoms with Gasteiger partial charge in [-0.2, -0.15) is 0 Å². The molecule has 0 fully saturated rings. The van der Waals surface area contributed by atoms with Crippen LogP contribution in [0.4, 0.5) is 0 Å². The fourth-order valence-electron chi connectivity index (χ4n) is 1.54. The number of hydrogen-bond acceptors (Lipinski definition) is 3. The maximum Gasteiger partial charge on any atom is 0.115 e. The Morgan fingerprint density at radius 1 is 1.12 bits per heavy atom. The number of thioether (sulfide) groups is 1. The quantitative estimate of drug-likeness (QED) is 0.577. The molecule has 1 aromatic heterocycles. The Morgan fingerprint density at radius 2 is 1.94 bits per heavy atom. The molecule has 2 nitrogen and oxygen atoms in total. The summed E-state index contributed by atoms with van der Waals surface area (Å²) in [4.78, 5) is 8.97. The van der Waals surface area contributed by atoms with Gasteiger partial charge < -0.3 is 0 Å². The van der Waals surface area contributed by atoms with Gasteiger partial charge in [-0.15, -0.1) is 11.8 Å². The van der Waals surface area contributed by atoms with Crippen molar-refractivity contribution in [2.24, 2.45) is 0 Å². The fourth-order valence-corrected chi connectivity index (χ4v) is 2.39. The van der Waals surface area contributed by atoms with E-state index in [4.69, 9.17) is 0 Å². The highest BCUT2D eigenvalue weighted by Crippen LogP contribution is 2.19. The third kappa shape index (κ3) is 2.95. The Balaban J connectivity index is 2.02. The SMILES string of the molecule is CCCCCSc1cnc2ccccc2n1. The molecule has 16 heavy (non-hydrogen) atoms. The summed E-state index contributed by atoms with van der Waals surface area (Å²) in [6.45, 7) is 2.22. The summed E-state index contributed by atoms with van der Waals surface area (Å²) in [7, 11) is 0. The molecule has 0 aliphatic heterocycles. The predicted molar refractivity (Wildman–Crippen MR) is 69.8 cm³/mol. The second-order valence-corrected chi connectivity index (χ2v) is 4.87. The van der Waals surface area contributed by atoms with Crippen LogP contribution in [0.15, 0.2) is 35.5 Å². The van der Waals surface area contributed by atoms with Crippen molar-refractivity contribution in [2.75, 3.05) is 5.75 Å². The highest BCUT2D eigenvalue weighted by atomic mass is 32.2. The molecule has 0 bridgehead atoms. The number of nitrogens with zero attached hydrogens (tertiary/aromatic N) is 2. The van der Waals surface area contributed by atoms with Gasteiger partial charge in [-0.3, -0.25) is 4.98 Å². The van der Waals surface area contributed by atoms with Gasteiger partial charge in [0.05, 0.1) is 17.2 Å². The standard InChI is InChI=1S/C13H16N2S/c1-2-3-6-9-16-13-10-14-11-7-4-5-8-12(11)15-13/h4-5,7-8,10H,2-3,6,9H2,1H3. The van der Waals surface area contributed by atoms with Crippen molar-refractivity contribution in [1.82, 2.24) is 9.97 Å². The molecule has 0 radical (unpaired) electrons. The third-order valence-corrected chi connectivity index (χ3v) is 3.41. The average Bonchev–Trinajstić information content (AvgIpc) is 2.34. The van der Waals surface area contributed by atoms with Gasteiger partial charge in [0.1, 0.15) is 5.03 Å². The summed E-state index contributed by atoms with van der Waals surface area (Å²) in [5.41, 5.74) is 1.96. The lowest BCUT2D eigenvalue weighted by atomic mass is 10.3. The molecule has 0 saturated carbocycles. The van der Waals surface area contributed by atoms with Crippen LogP contribution in [-0.4, -0.2) is 15.7 Å². The molecule has 0 atom stereocenters. The highest BCUT2D eigenvalue weighted by molar-refractivity contribution is 7.99. The molecular weight excluding hydrogens is 216 g/mol. The van der Waals surface area contributed by atoms with E-state index in [1.54, 1.807) is 11.8 Å². The zero-order valence-corrected chi connectivity index (χ0v) is 10.3. The van der Waals surface area contributed by atoms with Crippen molar-refractivity contribution in [2.45, 2.75) is 31.2 Å². The molecule has 84 valence electrons. The summed E-state index contributed by atoms with van der Waals surface area (Å²) in [5.74, 6) is 1.14. The van der Waals surface area contributed by atoms with Crippen LogP contribution < -0.4 is 0 Å². The van der Waals surface area contributed by atoms with Crippen LogP contribution >= 0.6 is 11.8 Å². The number of hydrogen-bond donors (Lipinski definition) is 0. The summed E-state index contributed by atoms with van der Waals surface area (Å²) in [6.07, 6.45) is 5.70. The molecule has 0 N–H and O–H groups in total. The molecule has 0 spiro atoms. The monoisotopic (exact) mass is 232 g/mol. The zero-order valence-electron chi connectivity index (χ0n) is 9.52. The number of unbranched alkanes of at least 4 members (excludes halogenated alkanes) is 2. The Hall–Kier alpha value is -1.09. The summed E-state index contributed by atoms with van der Waals surface area (Å²) >= 11 is 1.80. The molecule has 1 heterocycles. The highest BCUT2D eigenvalue weighted by Gasteiger charge is 1.99. The van der Waals surface area contributed by atoms with E-state index >= 15 is 0 Å². The van der Waals surface area contributed by atoms with E-state index in [2.05, 4.69) is 16.9 Å². The maximum absolute atomic E-state index is 4.57. The zero-order chi connectivity index (χ0) is 11.2. The first-order valence-electron chi connectivity index (χ1n) is 5.74. The van der Waals surface area contributed by atoms with E-state index in [1.807, 2.05) is 30.5 Å². The van der Waals surface area contributed by atoms with Crippen molar-refractivity contribution < 1.29 is 0 Å². The Bertz CT molecular complexity index is 456. The van der Waals surface area contributed by atoms with Gasteiger partial charge in [0, 0.05) is 0 Å². The van der Waals surface area contributed by atoms with Crippen molar-refractivity contribution in [3.63, 3.8) is 0 Å². The first-order chi connectivity index (χ1) is 7.90. The number of benzene rings is 1. The van der Waals surface area contributed by atoms with E-state index < -0.39 is 0 Å². The summed E-state index contributed by atoms with van der Waals surface area (Å²) in [5, 5.41) is 1.04. The first kappa shape index (κ1) is 11.4. The van der Waals surface area contributed by atoms with E-state index in [9.17, 15) is 0 Å². The van der Waals surface area contributed by atoms with Gasteiger partial charge in [-0.25, -0.2) is 4.98 Å². The van der Waals surface area contributed by atoms with Crippen LogP contribution in [0.1, 0.15) is 26.2 Å². The Labute approximate surface area is 101 Å². The minimum atomic E-state index is 0.973. The van der Waals surface area contributed by atoms with Gasteiger partial charge in [-0.1, -0.05) is 31.9 Å². The largest absolute Gasteiger partial charge is 0.252 e. The molecule has 0 saturated heterocycles. The normalized spacial score (nSPS) is 10.8. The van der Waals surface area contributed by atoms with Crippen LogP contribution in [0, 0.1) is 0 Å². The summed E-state index contributed by atoms with van der Waals surface area (Å²) < 4.78 is 0. The number of aromatic nitrogens is 2. The molecule has 2 aromatic rings. The van der Waals surface area contributed by atoms with Gasteiger partial charge >= 0.3 is 0 Å². The van der Waals surface area contributed by atoms with Crippen LogP contribution in [0.3, 0.4) is 0 Å². The van der Waals surface area contributed by atoms with Gasteiger partial charge in [0.2, 0.25) is 0 Å². The Kier molecular flexibility index (Phi) is 4.17. The van der Waals surface area contributed by atoms with E-state index in [-0.39, 0.29) is 0 Å². The van der Waals surface area contributed by atoms with Crippen LogP contribution in [0.2, 0.25) is 0 Å². The molecular formula is C13H16N2S. The Morgan fingerprint density at radius 3 is 2.75 bits per heavy atom. The van der Waals surface area contributed by atoms with Gasteiger partial charge in [0.15, 0.2) is 0 Å². The molecule has 0 aliphatic carbocycles. The lowest BCUT2D eigenvalue weighted by molar-refractivity contribution is 0.778. The van der Waals surface area contributed by atoms with E-state index in [1.165, 1.54) is 19.3 Å². The van der Waals surface area contributed by atoms with Crippen molar-refractivity contribution in [3.8, 4) is 0 Å². The molecule has 0 aliphatic rings. The number of fused-ring (bicyclic) bond motifs is 1. The van der Waals surface area contributed by atoms with Gasteiger partial charge in [0.25, 0.3) is 0 Å². The number of para-hydroxylation sites is 2. The lowest BCUT2D eigenvalue weighted by Crippen LogP contribution is -1.87. The number of rotatable bonds is 5. The minimum absolute atomic E-state index is 0.973. The molecule has 0 amide bonds. The fraction of sp³-hybridized carbons (Fsp3) is 0.385. The maximum atomic E-state index is 4.57. The smallest absolute Gasteiger partial charge is 0.115 e. The van der Waals surface area contributed by atoms with Crippen LogP contribution in [0.25, 0.3) is 11.0 Å². The second-order valence-electron chi connectivity index (χ2n) is 3.75. The molecule has 0 unspecified atom stereocenters. The van der Waals surface area contributed by atoms with Crippen molar-refractivity contribution >= 4 is 22.8 Å². The molecule has 1 aromatic carbocycles. The van der Waals surface area contributed by atoms with Crippen LogP contribution in [0.5, 0.6) is 0 Å². The van der Waals surface area contributed by atoms with Crippen LogP contribution in [-0.2, 0) is 0 Å². The summed E-state index contributed by atoms with van der Waals surface area (Å²) in [6, 6.07) is 8.00. The third-order valence-electron chi connectivity index (χ3n) is 2.42. The lowest BCUT2D eigenvalue weighted by Gasteiger charge is -2.01. The van der Waals surface area contributed by atoms with Gasteiger partial charge in [-0.05, 0) is 24.3 Å². The van der Waals surface area contributed by atoms with Crippen molar-refractivity contribution in [1.29, 1.82) is 0 Å².